The Morgan fingerprint density at radius 1 is 0.938 bits per heavy atom. The summed E-state index contributed by atoms with van der Waals surface area (Å²) in [5.74, 6) is -0.786. The zero-order valence-electron chi connectivity index (χ0n) is 17.0. The fourth-order valence-corrected chi connectivity index (χ4v) is 2.68. The Hall–Kier alpha value is -3.82. The molecule has 0 saturated heterocycles. The standard InChI is InChI=1S/C23H19NO3.FHO3S/c1-27-23(26)21(22(25)19-13-7-3-8-14-19)24(20-15-9-4-10-16-20)17-18-11-5-2-6-12-18;1-5(2,3)4/h2-17H,1H3;(H,2,3,4). The van der Waals surface area contributed by atoms with E-state index in [1.54, 1.807) is 35.1 Å². The van der Waals surface area contributed by atoms with Crippen LogP contribution in [0.25, 0.3) is 5.76 Å². The summed E-state index contributed by atoms with van der Waals surface area (Å²) in [7, 11) is -4.12. The van der Waals surface area contributed by atoms with Gasteiger partial charge in [-0.05, 0) is 12.1 Å². The van der Waals surface area contributed by atoms with Gasteiger partial charge < -0.3 is 14.4 Å². The van der Waals surface area contributed by atoms with E-state index < -0.39 is 16.5 Å². The largest absolute Gasteiger partial charge is 0.722 e. The van der Waals surface area contributed by atoms with Crippen molar-refractivity contribution in [3.8, 4) is 0 Å². The summed E-state index contributed by atoms with van der Waals surface area (Å²) in [6.45, 7) is 0. The van der Waals surface area contributed by atoms with Gasteiger partial charge in [-0.25, -0.2) is 13.2 Å². The molecule has 1 N–H and O–H groups in total. The van der Waals surface area contributed by atoms with E-state index in [1.807, 2.05) is 66.7 Å². The SMILES string of the molecule is COC(=O)/C(=C(/O)c1ccccc1)[N+](=Cc1ccccc1)c1ccccc1.O=S(=O)([O-])F. The van der Waals surface area contributed by atoms with Gasteiger partial charge in [-0.1, -0.05) is 66.7 Å². The lowest BCUT2D eigenvalue weighted by Gasteiger charge is -2.08. The lowest BCUT2D eigenvalue weighted by molar-refractivity contribution is -0.375. The van der Waals surface area contributed by atoms with Gasteiger partial charge >= 0.3 is 11.7 Å². The predicted molar refractivity (Wildman–Crippen MR) is 117 cm³/mol. The van der Waals surface area contributed by atoms with Crippen LogP contribution in [0.3, 0.4) is 0 Å². The topological polar surface area (TPSA) is 107 Å². The summed E-state index contributed by atoms with van der Waals surface area (Å²) in [4.78, 5) is 12.6. The molecule has 0 atom stereocenters. The number of rotatable bonds is 5. The van der Waals surface area contributed by atoms with Crippen molar-refractivity contribution in [3.63, 3.8) is 0 Å². The molecule has 7 nitrogen and oxygen atoms in total. The van der Waals surface area contributed by atoms with Gasteiger partial charge in [0.1, 0.15) is 0 Å². The van der Waals surface area contributed by atoms with Crippen LogP contribution in [-0.2, 0) is 20.0 Å². The third-order valence-corrected chi connectivity index (χ3v) is 4.00. The number of hydrogen-bond donors (Lipinski definition) is 1. The van der Waals surface area contributed by atoms with E-state index in [1.165, 1.54) is 7.11 Å². The second-order valence-electron chi connectivity index (χ2n) is 6.19. The van der Waals surface area contributed by atoms with Gasteiger partial charge in [-0.15, -0.1) is 3.89 Å². The van der Waals surface area contributed by atoms with Crippen molar-refractivity contribution in [2.24, 2.45) is 0 Å². The van der Waals surface area contributed by atoms with E-state index in [4.69, 9.17) is 17.7 Å². The molecule has 166 valence electrons. The Morgan fingerprint density at radius 2 is 1.38 bits per heavy atom. The molecule has 0 fully saturated rings. The average Bonchev–Trinajstić information content (AvgIpc) is 2.79. The third kappa shape index (κ3) is 7.78. The molecule has 0 amide bonds. The van der Waals surface area contributed by atoms with Crippen LogP contribution in [0.15, 0.2) is 96.7 Å². The van der Waals surface area contributed by atoms with Crippen molar-refractivity contribution in [2.45, 2.75) is 0 Å². The Labute approximate surface area is 185 Å². The Bertz CT molecular complexity index is 1190. The van der Waals surface area contributed by atoms with Crippen molar-refractivity contribution < 1.29 is 36.1 Å². The number of hydrogen-bond acceptors (Lipinski definition) is 6. The molecule has 0 aliphatic heterocycles. The first kappa shape index (κ1) is 24.4. The van der Waals surface area contributed by atoms with Crippen molar-refractivity contribution in [1.29, 1.82) is 0 Å². The highest BCUT2D eigenvalue weighted by atomic mass is 32.3. The average molecular weight is 457 g/mol. The zero-order chi connectivity index (χ0) is 23.6. The summed E-state index contributed by atoms with van der Waals surface area (Å²) in [6, 6.07) is 27.9. The molecule has 0 spiro atoms. The van der Waals surface area contributed by atoms with Crippen molar-refractivity contribution >= 4 is 34.1 Å². The van der Waals surface area contributed by atoms with Crippen LogP contribution in [0.4, 0.5) is 9.57 Å². The molecule has 0 unspecified atom stereocenters. The van der Waals surface area contributed by atoms with E-state index in [0.29, 0.717) is 5.56 Å². The molecular weight excluding hydrogens is 437 g/mol. The van der Waals surface area contributed by atoms with Gasteiger partial charge in [0, 0.05) is 23.3 Å². The van der Waals surface area contributed by atoms with E-state index in [-0.39, 0.29) is 11.5 Å². The Balaban J connectivity index is 0.000000654. The van der Waals surface area contributed by atoms with Gasteiger partial charge in [-0.2, -0.15) is 4.58 Å². The fourth-order valence-electron chi connectivity index (χ4n) is 2.68. The smallest absolute Gasteiger partial charge is 0.408 e. The minimum Gasteiger partial charge on any atom is -0.722 e. The molecule has 3 aromatic carbocycles. The number of benzene rings is 3. The monoisotopic (exact) mass is 457 g/mol. The first-order chi connectivity index (χ1) is 15.2. The van der Waals surface area contributed by atoms with Crippen LogP contribution in [0.2, 0.25) is 0 Å². The van der Waals surface area contributed by atoms with Gasteiger partial charge in [-0.3, -0.25) is 0 Å². The van der Waals surface area contributed by atoms with E-state index in [0.717, 1.165) is 11.3 Å². The van der Waals surface area contributed by atoms with Crippen LogP contribution in [0.5, 0.6) is 0 Å². The number of nitrogens with zero attached hydrogens (tertiary/aromatic N) is 1. The van der Waals surface area contributed by atoms with Crippen LogP contribution in [0, 0.1) is 0 Å². The minimum atomic E-state index is -5.42. The molecule has 3 rings (SSSR count). The molecule has 0 aromatic heterocycles. The number of carbonyl (C=O) groups excluding carboxylic acids is 1. The van der Waals surface area contributed by atoms with Crippen molar-refractivity contribution in [2.75, 3.05) is 7.11 Å². The molecule has 9 heteroatoms. The lowest BCUT2D eigenvalue weighted by atomic mass is 10.1. The summed E-state index contributed by atoms with van der Waals surface area (Å²) >= 11 is 0. The number of aliphatic hydroxyl groups excluding tert-OH is 1. The quantitative estimate of drug-likeness (QED) is 0.118. The van der Waals surface area contributed by atoms with Crippen molar-refractivity contribution in [1.82, 2.24) is 0 Å². The van der Waals surface area contributed by atoms with Crippen LogP contribution in [0.1, 0.15) is 11.1 Å². The Kier molecular flexibility index (Phi) is 8.82. The van der Waals surface area contributed by atoms with Crippen LogP contribution in [-0.4, -0.2) is 41.9 Å². The van der Waals surface area contributed by atoms with Crippen LogP contribution < -0.4 is 0 Å². The van der Waals surface area contributed by atoms with Gasteiger partial charge in [0.15, 0.2) is 6.21 Å². The minimum absolute atomic E-state index is 0.0405. The highest BCUT2D eigenvalue weighted by Gasteiger charge is 2.31. The first-order valence-corrected chi connectivity index (χ1v) is 10.5. The van der Waals surface area contributed by atoms with Gasteiger partial charge in [0.25, 0.3) is 10.5 Å². The van der Waals surface area contributed by atoms with Gasteiger partial charge in [0.2, 0.25) is 11.4 Å². The molecule has 0 aliphatic carbocycles. The number of halogens is 1. The van der Waals surface area contributed by atoms with Gasteiger partial charge in [0.05, 0.1) is 7.11 Å². The summed E-state index contributed by atoms with van der Waals surface area (Å²) in [6.07, 6.45) is 1.79. The summed E-state index contributed by atoms with van der Waals surface area (Å²) < 4.78 is 42.0. The second kappa shape index (κ2) is 11.5. The molecule has 32 heavy (non-hydrogen) atoms. The maximum Gasteiger partial charge on any atom is 0.408 e. The van der Waals surface area contributed by atoms with E-state index in [2.05, 4.69) is 0 Å². The fraction of sp³-hybridized carbons (Fsp3) is 0.0435. The van der Waals surface area contributed by atoms with E-state index >= 15 is 0 Å². The summed E-state index contributed by atoms with van der Waals surface area (Å²) in [5, 5.41) is 10.9. The third-order valence-electron chi connectivity index (χ3n) is 4.00. The molecule has 0 bridgehead atoms. The number of aliphatic hydroxyl groups is 1. The Morgan fingerprint density at radius 3 is 1.84 bits per heavy atom. The zero-order valence-corrected chi connectivity index (χ0v) is 17.8. The normalized spacial score (nSPS) is 12.2. The molecule has 0 radical (unpaired) electrons. The van der Waals surface area contributed by atoms with Crippen LogP contribution >= 0.6 is 0 Å². The first-order valence-electron chi connectivity index (χ1n) is 9.17. The molecule has 0 heterocycles. The highest BCUT2D eigenvalue weighted by Crippen LogP contribution is 2.24. The molecule has 3 aromatic rings. The lowest BCUT2D eigenvalue weighted by Crippen LogP contribution is -2.19. The number of esters is 1. The number of para-hydroxylation sites is 1. The maximum atomic E-state index is 12.6. The molecule has 0 aliphatic rings. The molecular formula is C23H20FNO6S. The number of carbonyl (C=O) groups is 1. The molecule has 0 saturated carbocycles. The highest BCUT2D eigenvalue weighted by molar-refractivity contribution is 7.80. The predicted octanol–water partition coefficient (Wildman–Crippen LogP) is 3.97. The summed E-state index contributed by atoms with van der Waals surface area (Å²) in [5.41, 5.74) is 2.17. The van der Waals surface area contributed by atoms with E-state index in [9.17, 15) is 13.8 Å². The van der Waals surface area contributed by atoms with Crippen molar-refractivity contribution in [3.05, 3.63) is 108 Å². The second-order valence-corrected chi connectivity index (χ2v) is 6.98. The number of ether oxygens (including phenoxy) is 1. The number of methoxy groups -OCH3 is 1. The maximum absolute atomic E-state index is 12.6.